The van der Waals surface area contributed by atoms with Crippen molar-refractivity contribution in [1.29, 1.82) is 0 Å². The molecule has 2 heteroatoms. The molecule has 4 aromatic carbocycles. The lowest BCUT2D eigenvalue weighted by Crippen LogP contribution is -2.06. The van der Waals surface area contributed by atoms with Crippen molar-refractivity contribution in [2.45, 2.75) is 0 Å². The van der Waals surface area contributed by atoms with Crippen LogP contribution in [-0.4, -0.2) is 5.90 Å². The van der Waals surface area contributed by atoms with Gasteiger partial charge in [-0.25, -0.2) is 4.99 Å². The zero-order valence-electron chi connectivity index (χ0n) is 17.0. The second-order valence-corrected chi connectivity index (χ2v) is 7.25. The van der Waals surface area contributed by atoms with E-state index in [0.717, 1.165) is 39.3 Å². The summed E-state index contributed by atoms with van der Waals surface area (Å²) in [6, 6.07) is 40.9. The number of aliphatic imine (C=N–C) groups is 1. The van der Waals surface area contributed by atoms with Crippen molar-refractivity contribution in [3.63, 3.8) is 0 Å². The van der Waals surface area contributed by atoms with Crippen molar-refractivity contribution in [3.8, 4) is 0 Å². The minimum Gasteiger partial charge on any atom is -0.438 e. The van der Waals surface area contributed by atoms with Crippen LogP contribution in [0.1, 0.15) is 22.3 Å². The molecular formula is C29H21NO. The largest absolute Gasteiger partial charge is 0.438 e. The first-order valence-corrected chi connectivity index (χ1v) is 10.3. The molecule has 0 N–H and O–H groups in total. The fourth-order valence-electron chi connectivity index (χ4n) is 3.62. The predicted octanol–water partition coefficient (Wildman–Crippen LogP) is 7.07. The van der Waals surface area contributed by atoms with E-state index in [0.29, 0.717) is 5.90 Å². The van der Waals surface area contributed by atoms with Gasteiger partial charge in [0.15, 0.2) is 0 Å². The Bertz CT molecular complexity index is 1150. The van der Waals surface area contributed by atoms with Crippen LogP contribution in [0.4, 0.5) is 0 Å². The number of allylic oxidation sites excluding steroid dienone is 2. The van der Waals surface area contributed by atoms with Gasteiger partial charge in [0.2, 0.25) is 5.90 Å². The Balaban J connectivity index is 1.80. The maximum atomic E-state index is 6.46. The van der Waals surface area contributed by atoms with Gasteiger partial charge in [-0.15, -0.1) is 0 Å². The molecule has 4 aromatic rings. The molecule has 0 aliphatic carbocycles. The van der Waals surface area contributed by atoms with Crippen LogP contribution in [-0.2, 0) is 4.74 Å². The summed E-state index contributed by atoms with van der Waals surface area (Å²) in [5.41, 5.74) is 5.99. The zero-order valence-corrected chi connectivity index (χ0v) is 17.0. The van der Waals surface area contributed by atoms with E-state index < -0.39 is 0 Å². The van der Waals surface area contributed by atoms with Gasteiger partial charge in [0.1, 0.15) is 5.76 Å². The summed E-state index contributed by atoms with van der Waals surface area (Å²) in [6.07, 6.45) is 2.10. The SMILES string of the molecule is C1=C(c2ccccc2)OC(c2ccccc2)=NC(c2ccccc2)=C1c1ccccc1. The Labute approximate surface area is 182 Å². The molecular weight excluding hydrogens is 378 g/mol. The molecule has 0 aromatic heterocycles. The van der Waals surface area contributed by atoms with Gasteiger partial charge in [0, 0.05) is 22.3 Å². The highest BCUT2D eigenvalue weighted by molar-refractivity contribution is 6.08. The summed E-state index contributed by atoms with van der Waals surface area (Å²) in [4.78, 5) is 5.07. The van der Waals surface area contributed by atoms with Gasteiger partial charge in [-0.1, -0.05) is 109 Å². The number of rotatable bonds is 4. The number of hydrogen-bond acceptors (Lipinski definition) is 2. The fourth-order valence-corrected chi connectivity index (χ4v) is 3.62. The first-order valence-electron chi connectivity index (χ1n) is 10.3. The van der Waals surface area contributed by atoms with E-state index in [4.69, 9.17) is 9.73 Å². The van der Waals surface area contributed by atoms with Gasteiger partial charge in [0.25, 0.3) is 0 Å². The standard InChI is InChI=1S/C29H21NO/c1-5-13-22(14-6-1)26-21-27(23-15-7-2-8-16-23)31-29(25-19-11-4-12-20-25)30-28(26)24-17-9-3-10-18-24/h1-21H. The van der Waals surface area contributed by atoms with E-state index in [9.17, 15) is 0 Å². The third-order valence-corrected chi connectivity index (χ3v) is 5.16. The molecule has 1 aliphatic heterocycles. The van der Waals surface area contributed by atoms with Gasteiger partial charge in [0.05, 0.1) is 5.70 Å². The summed E-state index contributed by atoms with van der Waals surface area (Å²) in [6.45, 7) is 0. The molecule has 0 spiro atoms. The molecule has 0 atom stereocenters. The van der Waals surface area contributed by atoms with Crippen molar-refractivity contribution in [2.24, 2.45) is 4.99 Å². The number of ether oxygens (including phenoxy) is 1. The first-order chi connectivity index (χ1) is 15.4. The highest BCUT2D eigenvalue weighted by Gasteiger charge is 2.20. The highest BCUT2D eigenvalue weighted by Crippen LogP contribution is 2.35. The maximum Gasteiger partial charge on any atom is 0.227 e. The predicted molar refractivity (Wildman–Crippen MR) is 128 cm³/mol. The normalized spacial score (nSPS) is 13.7. The van der Waals surface area contributed by atoms with Crippen LogP contribution in [0.25, 0.3) is 17.0 Å². The Kier molecular flexibility index (Phi) is 5.27. The van der Waals surface area contributed by atoms with E-state index in [1.807, 2.05) is 72.8 Å². The van der Waals surface area contributed by atoms with E-state index >= 15 is 0 Å². The lowest BCUT2D eigenvalue weighted by molar-refractivity contribution is 0.511. The van der Waals surface area contributed by atoms with E-state index in [-0.39, 0.29) is 0 Å². The monoisotopic (exact) mass is 399 g/mol. The van der Waals surface area contributed by atoms with Crippen LogP contribution in [0.3, 0.4) is 0 Å². The molecule has 0 saturated carbocycles. The molecule has 0 amide bonds. The highest BCUT2D eigenvalue weighted by atomic mass is 16.5. The van der Waals surface area contributed by atoms with Crippen molar-refractivity contribution in [3.05, 3.63) is 150 Å². The average molecular weight is 399 g/mol. The van der Waals surface area contributed by atoms with Crippen LogP contribution in [0.2, 0.25) is 0 Å². The van der Waals surface area contributed by atoms with Crippen molar-refractivity contribution in [2.75, 3.05) is 0 Å². The first kappa shape index (κ1) is 18.8. The van der Waals surface area contributed by atoms with E-state index in [2.05, 4.69) is 54.6 Å². The van der Waals surface area contributed by atoms with Crippen LogP contribution in [0, 0.1) is 0 Å². The van der Waals surface area contributed by atoms with Crippen molar-refractivity contribution in [1.82, 2.24) is 0 Å². The molecule has 0 saturated heterocycles. The van der Waals surface area contributed by atoms with Crippen LogP contribution in [0.5, 0.6) is 0 Å². The molecule has 0 unspecified atom stereocenters. The minimum absolute atomic E-state index is 0.584. The number of nitrogens with zero attached hydrogens (tertiary/aromatic N) is 1. The summed E-state index contributed by atoms with van der Waals surface area (Å²) in [5, 5.41) is 0. The molecule has 0 radical (unpaired) electrons. The number of benzene rings is 4. The fraction of sp³-hybridized carbons (Fsp3) is 0. The van der Waals surface area contributed by atoms with E-state index in [1.165, 1.54) is 0 Å². The van der Waals surface area contributed by atoms with Crippen molar-refractivity contribution >= 4 is 22.9 Å². The maximum absolute atomic E-state index is 6.46. The molecule has 2 nitrogen and oxygen atoms in total. The minimum atomic E-state index is 0.584. The second-order valence-electron chi connectivity index (χ2n) is 7.25. The second kappa shape index (κ2) is 8.68. The molecule has 1 aliphatic rings. The third-order valence-electron chi connectivity index (χ3n) is 5.16. The van der Waals surface area contributed by atoms with Crippen LogP contribution < -0.4 is 0 Å². The lowest BCUT2D eigenvalue weighted by Gasteiger charge is -2.11. The van der Waals surface area contributed by atoms with Crippen LogP contribution >= 0.6 is 0 Å². The molecule has 31 heavy (non-hydrogen) atoms. The van der Waals surface area contributed by atoms with Gasteiger partial charge in [-0.05, 0) is 23.8 Å². The number of hydrogen-bond donors (Lipinski definition) is 0. The van der Waals surface area contributed by atoms with Gasteiger partial charge < -0.3 is 4.74 Å². The molecule has 148 valence electrons. The van der Waals surface area contributed by atoms with Crippen molar-refractivity contribution < 1.29 is 4.74 Å². The molecule has 0 bridgehead atoms. The quantitative estimate of drug-likeness (QED) is 0.359. The van der Waals surface area contributed by atoms with Crippen LogP contribution in [0.15, 0.2) is 132 Å². The summed E-state index contributed by atoms with van der Waals surface area (Å²) >= 11 is 0. The summed E-state index contributed by atoms with van der Waals surface area (Å²) < 4.78 is 6.46. The Morgan fingerprint density at radius 1 is 0.452 bits per heavy atom. The molecule has 0 fully saturated rings. The van der Waals surface area contributed by atoms with E-state index in [1.54, 1.807) is 0 Å². The van der Waals surface area contributed by atoms with Gasteiger partial charge >= 0.3 is 0 Å². The van der Waals surface area contributed by atoms with Gasteiger partial charge in [-0.2, -0.15) is 0 Å². The Morgan fingerprint density at radius 3 is 1.45 bits per heavy atom. The lowest BCUT2D eigenvalue weighted by atomic mass is 9.98. The average Bonchev–Trinajstić information content (AvgIpc) is 3.07. The molecule has 5 rings (SSSR count). The third kappa shape index (κ3) is 4.10. The molecule has 1 heterocycles. The Morgan fingerprint density at radius 2 is 0.903 bits per heavy atom. The smallest absolute Gasteiger partial charge is 0.227 e. The summed E-state index contributed by atoms with van der Waals surface area (Å²) in [7, 11) is 0. The Hall–Kier alpha value is -4.17. The zero-order chi connectivity index (χ0) is 20.9. The van der Waals surface area contributed by atoms with Gasteiger partial charge in [-0.3, -0.25) is 0 Å². The topological polar surface area (TPSA) is 21.6 Å². The summed E-state index contributed by atoms with van der Waals surface area (Å²) in [5.74, 6) is 1.36.